The molecule has 0 bridgehead atoms. The monoisotopic (exact) mass is 441 g/mol. The van der Waals surface area contributed by atoms with Gasteiger partial charge in [-0.15, -0.1) is 10.2 Å². The number of carbonyl (C=O) groups is 1. The molecule has 2 atom stereocenters. The molecular weight excluding hydrogens is 418 g/mol. The van der Waals surface area contributed by atoms with Crippen LogP contribution in [-0.4, -0.2) is 26.0 Å². The summed E-state index contributed by atoms with van der Waals surface area (Å²) < 4.78 is 1.89. The van der Waals surface area contributed by atoms with Gasteiger partial charge in [-0.2, -0.15) is 0 Å². The van der Waals surface area contributed by atoms with Crippen molar-refractivity contribution < 1.29 is 4.79 Å². The molecule has 3 aromatic carbocycles. The van der Waals surface area contributed by atoms with Crippen LogP contribution >= 0.6 is 11.8 Å². The summed E-state index contributed by atoms with van der Waals surface area (Å²) in [5.41, 5.74) is 7.52. The lowest BCUT2D eigenvalue weighted by atomic mass is 10.0. The van der Waals surface area contributed by atoms with E-state index in [9.17, 15) is 4.79 Å². The minimum Gasteiger partial charge on any atom is -0.325 e. The van der Waals surface area contributed by atoms with E-state index in [2.05, 4.69) is 27.9 Å². The summed E-state index contributed by atoms with van der Waals surface area (Å²) in [6.07, 6.45) is 0.964. The minimum atomic E-state index is -0.413. The van der Waals surface area contributed by atoms with Crippen LogP contribution in [0, 0.1) is 0 Å². The number of carbonyl (C=O) groups excluding carboxylic acids is 1. The zero-order valence-corrected chi connectivity index (χ0v) is 18.4. The largest absolute Gasteiger partial charge is 0.325 e. The third-order valence-corrected chi connectivity index (χ3v) is 6.73. The maximum atomic E-state index is 13.4. The molecule has 0 unspecified atom stereocenters. The quantitative estimate of drug-likeness (QED) is 0.461. The minimum absolute atomic E-state index is 0.0730. The predicted octanol–water partition coefficient (Wildman–Crippen LogP) is 4.91. The van der Waals surface area contributed by atoms with E-state index in [4.69, 9.17) is 0 Å². The third kappa shape index (κ3) is 3.99. The highest BCUT2D eigenvalue weighted by atomic mass is 32.2. The van der Waals surface area contributed by atoms with Crippen LogP contribution in [0.5, 0.6) is 0 Å². The number of benzene rings is 3. The Kier molecular flexibility index (Phi) is 5.64. The number of aryl methyl sites for hydroxylation is 1. The Bertz CT molecular complexity index is 1210. The van der Waals surface area contributed by atoms with Gasteiger partial charge in [-0.25, -0.2) is 4.68 Å². The molecule has 2 heterocycles. The molecule has 1 aliphatic rings. The van der Waals surface area contributed by atoms with Crippen LogP contribution in [0.1, 0.15) is 24.1 Å². The predicted molar refractivity (Wildman–Crippen MR) is 128 cm³/mol. The zero-order valence-electron chi connectivity index (χ0n) is 17.6. The highest BCUT2D eigenvalue weighted by Gasteiger charge is 2.38. The molecule has 0 saturated heterocycles. The summed E-state index contributed by atoms with van der Waals surface area (Å²) in [4.78, 5) is 13.4. The van der Waals surface area contributed by atoms with E-state index < -0.39 is 5.25 Å². The van der Waals surface area contributed by atoms with E-state index in [1.807, 2.05) is 89.6 Å². The zero-order chi connectivity index (χ0) is 21.9. The molecule has 2 N–H and O–H groups in total. The molecule has 7 heteroatoms. The summed E-state index contributed by atoms with van der Waals surface area (Å²) in [5, 5.41) is 12.1. The van der Waals surface area contributed by atoms with Crippen LogP contribution in [0.15, 0.2) is 90.1 Å². The molecule has 0 saturated carbocycles. The number of hydrogen-bond acceptors (Lipinski definition) is 5. The maximum Gasteiger partial charge on any atom is 0.240 e. The van der Waals surface area contributed by atoms with Crippen molar-refractivity contribution in [1.82, 2.24) is 14.9 Å². The molecule has 1 amide bonds. The summed E-state index contributed by atoms with van der Waals surface area (Å²) in [7, 11) is 0. The number of nitrogens with one attached hydrogen (secondary N) is 2. The van der Waals surface area contributed by atoms with E-state index in [1.54, 1.807) is 0 Å². The third-order valence-electron chi connectivity index (χ3n) is 5.52. The van der Waals surface area contributed by atoms with Gasteiger partial charge in [0.25, 0.3) is 0 Å². The number of aromatic nitrogens is 3. The van der Waals surface area contributed by atoms with E-state index in [1.165, 1.54) is 17.3 Å². The van der Waals surface area contributed by atoms with Crippen molar-refractivity contribution in [3.05, 3.63) is 96.1 Å². The molecule has 0 radical (unpaired) electrons. The molecular formula is C25H23N5OS. The summed E-state index contributed by atoms with van der Waals surface area (Å²) in [6.45, 7) is 2.11. The van der Waals surface area contributed by atoms with Gasteiger partial charge in [-0.1, -0.05) is 91.5 Å². The second-order valence-electron chi connectivity index (χ2n) is 7.60. The SMILES string of the molecule is CCc1ccc(NC(=O)[C@H]2Sc3nnc(-c4ccccc4)n3N[C@H]2c2ccccc2)cc1. The Labute approximate surface area is 191 Å². The molecule has 6 nitrogen and oxygen atoms in total. The lowest BCUT2D eigenvalue weighted by Gasteiger charge is -2.33. The first kappa shape index (κ1) is 20.3. The molecule has 1 aliphatic heterocycles. The molecule has 4 aromatic rings. The molecule has 5 rings (SSSR count). The second kappa shape index (κ2) is 8.88. The van der Waals surface area contributed by atoms with E-state index >= 15 is 0 Å². The normalized spacial score (nSPS) is 17.3. The number of fused-ring (bicyclic) bond motifs is 1. The number of rotatable bonds is 5. The number of thioether (sulfide) groups is 1. The van der Waals surface area contributed by atoms with E-state index in [0.29, 0.717) is 5.16 Å². The van der Waals surface area contributed by atoms with Crippen molar-refractivity contribution in [3.63, 3.8) is 0 Å². The van der Waals surface area contributed by atoms with Crippen molar-refractivity contribution in [2.75, 3.05) is 10.7 Å². The standard InChI is InChI=1S/C25H23N5OS/c1-2-17-13-15-20(16-14-17)26-24(31)22-21(18-9-5-3-6-10-18)29-30-23(27-28-25(30)32-22)19-11-7-4-8-12-19/h3-16,21-22,29H,2H2,1H3,(H,26,31)/t21-,22-/m0/s1. The van der Waals surface area contributed by atoms with Crippen LogP contribution in [-0.2, 0) is 11.2 Å². The average molecular weight is 442 g/mol. The first-order chi connectivity index (χ1) is 15.7. The van der Waals surface area contributed by atoms with Gasteiger partial charge < -0.3 is 10.7 Å². The fraction of sp³-hybridized carbons (Fsp3) is 0.160. The van der Waals surface area contributed by atoms with E-state index in [0.717, 1.165) is 29.1 Å². The van der Waals surface area contributed by atoms with Gasteiger partial charge in [0.2, 0.25) is 11.1 Å². The number of amides is 1. The average Bonchev–Trinajstić information content (AvgIpc) is 3.28. The Hall–Kier alpha value is -3.58. The second-order valence-corrected chi connectivity index (χ2v) is 8.71. The van der Waals surface area contributed by atoms with Crippen LogP contribution in [0.4, 0.5) is 5.69 Å². The fourth-order valence-electron chi connectivity index (χ4n) is 3.78. The smallest absolute Gasteiger partial charge is 0.240 e. The molecule has 0 fully saturated rings. The maximum absolute atomic E-state index is 13.4. The molecule has 1 aromatic heterocycles. The van der Waals surface area contributed by atoms with Gasteiger partial charge >= 0.3 is 0 Å². The van der Waals surface area contributed by atoms with Gasteiger partial charge in [0, 0.05) is 11.3 Å². The highest BCUT2D eigenvalue weighted by Crippen LogP contribution is 2.38. The van der Waals surface area contributed by atoms with Crippen LogP contribution in [0.3, 0.4) is 0 Å². The van der Waals surface area contributed by atoms with Gasteiger partial charge in [-0.05, 0) is 29.7 Å². The van der Waals surface area contributed by atoms with Gasteiger partial charge in [0.05, 0.1) is 6.04 Å². The number of nitrogens with zero attached hydrogens (tertiary/aromatic N) is 3. The Morgan fingerprint density at radius 2 is 1.66 bits per heavy atom. The first-order valence-electron chi connectivity index (χ1n) is 10.6. The van der Waals surface area contributed by atoms with Crippen molar-refractivity contribution in [2.24, 2.45) is 0 Å². The fourth-order valence-corrected chi connectivity index (χ4v) is 4.86. The molecule has 0 aliphatic carbocycles. The van der Waals surface area contributed by atoms with Crippen molar-refractivity contribution >= 4 is 23.4 Å². The summed E-state index contributed by atoms with van der Waals surface area (Å²) >= 11 is 1.43. The Balaban J connectivity index is 1.47. The molecule has 160 valence electrons. The van der Waals surface area contributed by atoms with Crippen molar-refractivity contribution in [1.29, 1.82) is 0 Å². The number of hydrogen-bond donors (Lipinski definition) is 2. The number of anilines is 1. The van der Waals surface area contributed by atoms with Gasteiger partial charge in [0.1, 0.15) is 5.25 Å². The Morgan fingerprint density at radius 3 is 2.34 bits per heavy atom. The summed E-state index contributed by atoms with van der Waals surface area (Å²) in [6, 6.07) is 27.7. The Morgan fingerprint density at radius 1 is 0.969 bits per heavy atom. The lowest BCUT2D eigenvalue weighted by Crippen LogP contribution is -2.41. The highest BCUT2D eigenvalue weighted by molar-refractivity contribution is 8.00. The lowest BCUT2D eigenvalue weighted by molar-refractivity contribution is -0.116. The van der Waals surface area contributed by atoms with Crippen LogP contribution in [0.2, 0.25) is 0 Å². The first-order valence-corrected chi connectivity index (χ1v) is 11.5. The van der Waals surface area contributed by atoms with Gasteiger partial charge in [0.15, 0.2) is 5.82 Å². The van der Waals surface area contributed by atoms with Gasteiger partial charge in [-0.3, -0.25) is 4.79 Å². The topological polar surface area (TPSA) is 71.8 Å². The van der Waals surface area contributed by atoms with Crippen molar-refractivity contribution in [2.45, 2.75) is 29.8 Å². The van der Waals surface area contributed by atoms with Crippen molar-refractivity contribution in [3.8, 4) is 11.4 Å². The van der Waals surface area contributed by atoms with Crippen LogP contribution < -0.4 is 10.7 Å². The molecule has 0 spiro atoms. The summed E-state index contributed by atoms with van der Waals surface area (Å²) in [5.74, 6) is 0.652. The van der Waals surface area contributed by atoms with E-state index in [-0.39, 0.29) is 11.9 Å². The molecule has 32 heavy (non-hydrogen) atoms. The van der Waals surface area contributed by atoms with Crippen LogP contribution in [0.25, 0.3) is 11.4 Å².